The lowest BCUT2D eigenvalue weighted by Gasteiger charge is -2.30. The predicted octanol–water partition coefficient (Wildman–Crippen LogP) is 5.14. The van der Waals surface area contributed by atoms with E-state index in [9.17, 15) is 19.5 Å². The Balaban J connectivity index is 1.33. The van der Waals surface area contributed by atoms with Gasteiger partial charge in [-0.15, -0.1) is 0 Å². The Morgan fingerprint density at radius 1 is 1.18 bits per heavy atom. The molecule has 0 aliphatic carbocycles. The summed E-state index contributed by atoms with van der Waals surface area (Å²) in [6.07, 6.45) is 5.38. The van der Waals surface area contributed by atoms with E-state index in [2.05, 4.69) is 10.4 Å². The molecule has 0 bridgehead atoms. The summed E-state index contributed by atoms with van der Waals surface area (Å²) in [6.45, 7) is 4.58. The van der Waals surface area contributed by atoms with E-state index in [1.165, 1.54) is 0 Å². The number of aliphatic carboxylic acids is 1. The number of nitrogens with one attached hydrogen (secondary N) is 1. The highest BCUT2D eigenvalue weighted by molar-refractivity contribution is 6.40. The van der Waals surface area contributed by atoms with Crippen molar-refractivity contribution in [2.75, 3.05) is 6.54 Å². The SMILES string of the molecule is CC(C)n1cc(C[C@H](NC(=O)c2c(Cl)cc3c(c2Cl)CCN(C(=O)c2ccc4ccoc4c2)C3)C(=O)O)cn1. The zero-order valence-electron chi connectivity index (χ0n) is 21.3. The average Bonchev–Trinajstić information content (AvgIpc) is 3.56. The molecular formula is C28H26Cl2N4O5. The van der Waals surface area contributed by atoms with Crippen LogP contribution in [0.3, 0.4) is 0 Å². The van der Waals surface area contributed by atoms with Crippen molar-refractivity contribution < 1.29 is 23.9 Å². The van der Waals surface area contributed by atoms with Crippen LogP contribution >= 0.6 is 23.2 Å². The number of carbonyl (C=O) groups excluding carboxylic acids is 2. The Morgan fingerprint density at radius 3 is 2.69 bits per heavy atom. The molecule has 0 spiro atoms. The number of carboxylic acid groups (broad SMARTS) is 1. The van der Waals surface area contributed by atoms with E-state index >= 15 is 0 Å². The fourth-order valence-electron chi connectivity index (χ4n) is 4.73. The number of fused-ring (bicyclic) bond motifs is 2. The standard InChI is InChI=1S/C28H26Cl2N4O5/c1-15(2)34-13-16(12-31-34)9-22(28(37)38)32-26(35)24-21(29)10-19-14-33(7-5-20(19)25(24)30)27(36)18-4-3-17-6-8-39-23(17)11-18/h3-4,6,8,10-13,15,22H,5,7,9,14H2,1-2H3,(H,32,35)(H,37,38)/t22-/m0/s1. The number of hydrogen-bond donors (Lipinski definition) is 2. The normalized spacial score (nSPS) is 13.9. The maximum absolute atomic E-state index is 13.2. The van der Waals surface area contributed by atoms with E-state index in [1.54, 1.807) is 46.4 Å². The Kier molecular flexibility index (Phi) is 7.38. The number of carbonyl (C=O) groups is 3. The summed E-state index contributed by atoms with van der Waals surface area (Å²) in [5.74, 6) is -2.02. The van der Waals surface area contributed by atoms with Crippen LogP contribution < -0.4 is 5.32 Å². The lowest BCUT2D eigenvalue weighted by molar-refractivity contribution is -0.139. The second kappa shape index (κ2) is 10.7. The topological polar surface area (TPSA) is 118 Å². The number of furan rings is 1. The number of benzene rings is 2. The number of hydrogen-bond acceptors (Lipinski definition) is 5. The highest BCUT2D eigenvalue weighted by Gasteiger charge is 2.30. The van der Waals surface area contributed by atoms with Crippen LogP contribution in [0.5, 0.6) is 0 Å². The first-order chi connectivity index (χ1) is 18.6. The van der Waals surface area contributed by atoms with Crippen molar-refractivity contribution in [1.82, 2.24) is 20.0 Å². The Morgan fingerprint density at radius 2 is 1.97 bits per heavy atom. The zero-order chi connectivity index (χ0) is 27.8. The Bertz CT molecular complexity index is 1590. The van der Waals surface area contributed by atoms with E-state index in [4.69, 9.17) is 27.6 Å². The molecule has 0 fully saturated rings. The first-order valence-corrected chi connectivity index (χ1v) is 13.2. The van der Waals surface area contributed by atoms with E-state index in [1.807, 2.05) is 26.0 Å². The second-order valence-electron chi connectivity index (χ2n) is 9.83. The van der Waals surface area contributed by atoms with Crippen molar-refractivity contribution in [2.24, 2.45) is 0 Å². The molecule has 202 valence electrons. The summed E-state index contributed by atoms with van der Waals surface area (Å²) in [6, 6.07) is 7.68. The summed E-state index contributed by atoms with van der Waals surface area (Å²) in [4.78, 5) is 40.0. The van der Waals surface area contributed by atoms with Crippen molar-refractivity contribution in [3.05, 3.63) is 86.9 Å². The molecule has 0 unspecified atom stereocenters. The van der Waals surface area contributed by atoms with E-state index in [-0.39, 0.29) is 40.5 Å². The van der Waals surface area contributed by atoms with Crippen LogP contribution in [-0.4, -0.2) is 50.2 Å². The summed E-state index contributed by atoms with van der Waals surface area (Å²) in [7, 11) is 0. The van der Waals surface area contributed by atoms with E-state index in [0.29, 0.717) is 35.2 Å². The summed E-state index contributed by atoms with van der Waals surface area (Å²) in [5.41, 5.74) is 3.28. The Labute approximate surface area is 234 Å². The van der Waals surface area contributed by atoms with Gasteiger partial charge >= 0.3 is 5.97 Å². The van der Waals surface area contributed by atoms with Gasteiger partial charge in [0.1, 0.15) is 11.6 Å². The molecule has 0 saturated heterocycles. The maximum atomic E-state index is 13.2. The van der Waals surface area contributed by atoms with Crippen molar-refractivity contribution >= 4 is 52.0 Å². The van der Waals surface area contributed by atoms with Crippen molar-refractivity contribution in [1.29, 1.82) is 0 Å². The molecule has 3 heterocycles. The van der Waals surface area contributed by atoms with Crippen LogP contribution in [0.2, 0.25) is 10.0 Å². The molecule has 0 radical (unpaired) electrons. The van der Waals surface area contributed by atoms with Gasteiger partial charge in [0.15, 0.2) is 0 Å². The van der Waals surface area contributed by atoms with Gasteiger partial charge in [0, 0.05) is 42.7 Å². The zero-order valence-corrected chi connectivity index (χ0v) is 22.8. The molecule has 5 rings (SSSR count). The minimum atomic E-state index is -1.20. The molecule has 11 heteroatoms. The van der Waals surface area contributed by atoms with Crippen LogP contribution in [-0.2, 0) is 24.2 Å². The number of carboxylic acids is 1. The summed E-state index contributed by atoms with van der Waals surface area (Å²) in [5, 5.41) is 17.7. The third-order valence-corrected chi connectivity index (χ3v) is 7.56. The lowest BCUT2D eigenvalue weighted by atomic mass is 9.95. The summed E-state index contributed by atoms with van der Waals surface area (Å²) >= 11 is 13.2. The fourth-order valence-corrected chi connectivity index (χ4v) is 5.50. The first kappa shape index (κ1) is 26.8. The molecule has 2 aromatic heterocycles. The number of nitrogens with zero attached hydrogens (tertiary/aromatic N) is 3. The van der Waals surface area contributed by atoms with Crippen molar-refractivity contribution in [3.63, 3.8) is 0 Å². The molecule has 2 amide bonds. The molecule has 1 atom stereocenters. The van der Waals surface area contributed by atoms with Crippen molar-refractivity contribution in [3.8, 4) is 0 Å². The largest absolute Gasteiger partial charge is 0.480 e. The van der Waals surface area contributed by atoms with Gasteiger partial charge in [0.2, 0.25) is 0 Å². The van der Waals surface area contributed by atoms with Gasteiger partial charge in [-0.1, -0.05) is 29.3 Å². The third kappa shape index (κ3) is 5.37. The van der Waals surface area contributed by atoms with Gasteiger partial charge < -0.3 is 19.7 Å². The molecule has 2 N–H and O–H groups in total. The maximum Gasteiger partial charge on any atom is 0.326 e. The second-order valence-corrected chi connectivity index (χ2v) is 10.6. The molecular weight excluding hydrogens is 543 g/mol. The average molecular weight is 569 g/mol. The molecule has 9 nitrogen and oxygen atoms in total. The number of rotatable bonds is 7. The molecule has 1 aliphatic rings. The molecule has 2 aromatic carbocycles. The minimum absolute atomic E-state index is 0.0178. The number of halogens is 2. The van der Waals surface area contributed by atoms with Gasteiger partial charge in [-0.05, 0) is 61.2 Å². The quantitative estimate of drug-likeness (QED) is 0.318. The predicted molar refractivity (Wildman–Crippen MR) is 146 cm³/mol. The van der Waals surface area contributed by atoms with Crippen molar-refractivity contribution in [2.45, 2.75) is 45.3 Å². The highest BCUT2D eigenvalue weighted by atomic mass is 35.5. The monoisotopic (exact) mass is 568 g/mol. The van der Waals surface area contributed by atoms with Crippen LogP contribution in [0, 0.1) is 0 Å². The Hall–Kier alpha value is -3.82. The highest BCUT2D eigenvalue weighted by Crippen LogP contribution is 2.35. The molecule has 1 aliphatic heterocycles. The minimum Gasteiger partial charge on any atom is -0.480 e. The van der Waals surface area contributed by atoms with Gasteiger partial charge in [-0.2, -0.15) is 5.10 Å². The number of aromatic nitrogens is 2. The van der Waals surface area contributed by atoms with E-state index < -0.39 is 17.9 Å². The van der Waals surface area contributed by atoms with Crippen LogP contribution in [0.15, 0.2) is 53.4 Å². The van der Waals surface area contributed by atoms with Crippen LogP contribution in [0.1, 0.15) is 57.3 Å². The lowest BCUT2D eigenvalue weighted by Crippen LogP contribution is -2.42. The van der Waals surface area contributed by atoms with Gasteiger partial charge in [-0.25, -0.2) is 4.79 Å². The van der Waals surface area contributed by atoms with E-state index in [0.717, 1.165) is 10.9 Å². The smallest absolute Gasteiger partial charge is 0.326 e. The number of amides is 2. The van der Waals surface area contributed by atoms with Crippen LogP contribution in [0.25, 0.3) is 11.0 Å². The van der Waals surface area contributed by atoms with Gasteiger partial charge in [-0.3, -0.25) is 14.3 Å². The molecule has 4 aromatic rings. The van der Waals surface area contributed by atoms with Gasteiger partial charge in [0.05, 0.1) is 28.1 Å². The fraction of sp³-hybridized carbons (Fsp3) is 0.286. The molecule has 0 saturated carbocycles. The first-order valence-electron chi connectivity index (χ1n) is 12.5. The summed E-state index contributed by atoms with van der Waals surface area (Å²) < 4.78 is 7.14. The van der Waals surface area contributed by atoms with Gasteiger partial charge in [0.25, 0.3) is 11.8 Å². The van der Waals surface area contributed by atoms with Crippen LogP contribution in [0.4, 0.5) is 0 Å². The molecule has 39 heavy (non-hydrogen) atoms. The third-order valence-electron chi connectivity index (χ3n) is 6.85.